The highest BCUT2D eigenvalue weighted by molar-refractivity contribution is 7.89. The zero-order valence-electron chi connectivity index (χ0n) is 9.05. The van der Waals surface area contributed by atoms with Gasteiger partial charge in [-0.2, -0.15) is 5.26 Å². The SMILES string of the molecule is CCC(c1ccccc1)S(=O)(=O)NCC#N. The largest absolute Gasteiger partial charge is 0.219 e. The highest BCUT2D eigenvalue weighted by Gasteiger charge is 2.24. The molecule has 1 N–H and O–H groups in total. The van der Waals surface area contributed by atoms with Crippen LogP contribution in [0.4, 0.5) is 0 Å². The summed E-state index contributed by atoms with van der Waals surface area (Å²) in [6.07, 6.45) is 0.477. The average molecular weight is 238 g/mol. The predicted molar refractivity (Wildman–Crippen MR) is 62.0 cm³/mol. The number of nitrogens with zero attached hydrogens (tertiary/aromatic N) is 1. The number of nitrogens with one attached hydrogen (secondary N) is 1. The molecule has 0 aliphatic rings. The van der Waals surface area contributed by atoms with E-state index >= 15 is 0 Å². The summed E-state index contributed by atoms with van der Waals surface area (Å²) in [6.45, 7) is 1.62. The van der Waals surface area contributed by atoms with E-state index < -0.39 is 15.3 Å². The molecule has 0 heterocycles. The first-order valence-electron chi connectivity index (χ1n) is 5.02. The Morgan fingerprint density at radius 3 is 2.50 bits per heavy atom. The van der Waals surface area contributed by atoms with Crippen LogP contribution < -0.4 is 4.72 Å². The van der Waals surface area contributed by atoms with Gasteiger partial charge >= 0.3 is 0 Å². The first-order valence-corrected chi connectivity index (χ1v) is 6.56. The highest BCUT2D eigenvalue weighted by Crippen LogP contribution is 2.24. The van der Waals surface area contributed by atoms with Crippen LogP contribution in [0.1, 0.15) is 24.2 Å². The minimum atomic E-state index is -3.46. The van der Waals surface area contributed by atoms with Crippen LogP contribution in [0.2, 0.25) is 0 Å². The molecule has 0 spiro atoms. The van der Waals surface area contributed by atoms with Crippen molar-refractivity contribution in [2.24, 2.45) is 0 Å². The molecular weight excluding hydrogens is 224 g/mol. The Bertz CT molecular complexity index is 463. The number of nitriles is 1. The van der Waals surface area contributed by atoms with Crippen LogP contribution in [0, 0.1) is 11.3 Å². The summed E-state index contributed by atoms with van der Waals surface area (Å²) >= 11 is 0. The molecule has 4 nitrogen and oxygen atoms in total. The lowest BCUT2D eigenvalue weighted by atomic mass is 10.1. The maximum Gasteiger partial charge on any atom is 0.219 e. The molecule has 0 aliphatic heterocycles. The number of hydrogen-bond acceptors (Lipinski definition) is 3. The molecule has 1 unspecified atom stereocenters. The zero-order chi connectivity index (χ0) is 12.0. The van der Waals surface area contributed by atoms with Gasteiger partial charge in [0, 0.05) is 0 Å². The minimum Gasteiger partial charge on any atom is -0.212 e. The summed E-state index contributed by atoms with van der Waals surface area (Å²) in [6, 6.07) is 10.8. The molecule has 1 aromatic carbocycles. The van der Waals surface area contributed by atoms with E-state index in [4.69, 9.17) is 5.26 Å². The molecule has 0 amide bonds. The van der Waals surface area contributed by atoms with Crippen molar-refractivity contribution in [3.05, 3.63) is 35.9 Å². The Hall–Kier alpha value is -1.38. The smallest absolute Gasteiger partial charge is 0.212 e. The molecule has 1 rings (SSSR count). The second-order valence-corrected chi connectivity index (χ2v) is 5.28. The van der Waals surface area contributed by atoms with Crippen molar-refractivity contribution >= 4 is 10.0 Å². The van der Waals surface area contributed by atoms with Gasteiger partial charge in [-0.15, -0.1) is 0 Å². The van der Waals surface area contributed by atoms with Gasteiger partial charge in [0.15, 0.2) is 0 Å². The highest BCUT2D eigenvalue weighted by atomic mass is 32.2. The second-order valence-electron chi connectivity index (χ2n) is 3.33. The summed E-state index contributed by atoms with van der Waals surface area (Å²) in [5.74, 6) is 0. The molecule has 0 saturated heterocycles. The molecule has 5 heteroatoms. The minimum absolute atomic E-state index is 0.189. The lowest BCUT2D eigenvalue weighted by Gasteiger charge is -2.15. The van der Waals surface area contributed by atoms with Gasteiger partial charge in [0.05, 0.1) is 12.6 Å². The van der Waals surface area contributed by atoms with Crippen molar-refractivity contribution in [3.8, 4) is 6.07 Å². The van der Waals surface area contributed by atoms with E-state index in [1.165, 1.54) is 0 Å². The maximum absolute atomic E-state index is 11.9. The van der Waals surface area contributed by atoms with Crippen LogP contribution in [0.25, 0.3) is 0 Å². The van der Waals surface area contributed by atoms with Gasteiger partial charge in [-0.1, -0.05) is 37.3 Å². The van der Waals surface area contributed by atoms with E-state index in [1.54, 1.807) is 30.3 Å². The molecule has 0 radical (unpaired) electrons. The molecule has 0 fully saturated rings. The van der Waals surface area contributed by atoms with E-state index in [0.717, 1.165) is 5.56 Å². The van der Waals surface area contributed by atoms with Crippen LogP contribution in [-0.4, -0.2) is 15.0 Å². The fourth-order valence-electron chi connectivity index (χ4n) is 1.54. The van der Waals surface area contributed by atoms with E-state index in [-0.39, 0.29) is 6.54 Å². The molecule has 0 aliphatic carbocycles. The summed E-state index contributed by atoms with van der Waals surface area (Å²) < 4.78 is 26.0. The fraction of sp³-hybridized carbons (Fsp3) is 0.364. The maximum atomic E-state index is 11.9. The Morgan fingerprint density at radius 1 is 1.38 bits per heavy atom. The number of sulfonamides is 1. The molecule has 1 atom stereocenters. The monoisotopic (exact) mass is 238 g/mol. The summed E-state index contributed by atoms with van der Waals surface area (Å²) in [5, 5.41) is 7.78. The van der Waals surface area contributed by atoms with Crippen LogP contribution in [-0.2, 0) is 10.0 Å². The van der Waals surface area contributed by atoms with E-state index in [2.05, 4.69) is 4.72 Å². The van der Waals surface area contributed by atoms with Gasteiger partial charge in [-0.25, -0.2) is 13.1 Å². The quantitative estimate of drug-likeness (QED) is 0.792. The van der Waals surface area contributed by atoms with Crippen LogP contribution in [0.3, 0.4) is 0 Å². The number of hydrogen-bond donors (Lipinski definition) is 1. The number of benzene rings is 1. The molecule has 86 valence electrons. The van der Waals surface area contributed by atoms with Gasteiger partial charge in [0.2, 0.25) is 10.0 Å². The van der Waals surface area contributed by atoms with Gasteiger partial charge in [-0.3, -0.25) is 0 Å². The zero-order valence-corrected chi connectivity index (χ0v) is 9.87. The first kappa shape index (κ1) is 12.7. The second kappa shape index (κ2) is 5.64. The number of rotatable bonds is 5. The van der Waals surface area contributed by atoms with E-state index in [1.807, 2.05) is 13.0 Å². The van der Waals surface area contributed by atoms with Crippen molar-refractivity contribution in [2.75, 3.05) is 6.54 Å². The third-order valence-electron chi connectivity index (χ3n) is 2.27. The molecule has 1 aromatic rings. The third kappa shape index (κ3) is 3.05. The Morgan fingerprint density at radius 2 is 2.00 bits per heavy atom. The standard InChI is InChI=1S/C11H14N2O2S/c1-2-11(10-6-4-3-5-7-10)16(14,15)13-9-8-12/h3-7,11,13H,2,9H2,1H3. The van der Waals surface area contributed by atoms with Crippen molar-refractivity contribution < 1.29 is 8.42 Å². The van der Waals surface area contributed by atoms with Gasteiger partial charge in [-0.05, 0) is 12.0 Å². The van der Waals surface area contributed by atoms with Crippen LogP contribution in [0.5, 0.6) is 0 Å². The average Bonchev–Trinajstić information content (AvgIpc) is 2.28. The summed E-state index contributed by atoms with van der Waals surface area (Å²) in [7, 11) is -3.46. The molecule has 16 heavy (non-hydrogen) atoms. The summed E-state index contributed by atoms with van der Waals surface area (Å²) in [4.78, 5) is 0. The Kier molecular flexibility index (Phi) is 4.47. The topological polar surface area (TPSA) is 70.0 Å². The normalized spacial score (nSPS) is 13.0. The van der Waals surface area contributed by atoms with Crippen molar-refractivity contribution in [2.45, 2.75) is 18.6 Å². The third-order valence-corrected chi connectivity index (χ3v) is 4.17. The lowest BCUT2D eigenvalue weighted by Crippen LogP contribution is -2.29. The van der Waals surface area contributed by atoms with Gasteiger partial charge in [0.1, 0.15) is 5.25 Å². The first-order chi connectivity index (χ1) is 7.61. The molecular formula is C11H14N2O2S. The predicted octanol–water partition coefficient (Wildman–Crippen LogP) is 1.58. The Balaban J connectivity index is 2.96. The lowest BCUT2D eigenvalue weighted by molar-refractivity contribution is 0.568. The molecule has 0 aromatic heterocycles. The van der Waals surface area contributed by atoms with E-state index in [9.17, 15) is 8.42 Å². The van der Waals surface area contributed by atoms with Crippen molar-refractivity contribution in [3.63, 3.8) is 0 Å². The van der Waals surface area contributed by atoms with Crippen LogP contribution in [0.15, 0.2) is 30.3 Å². The van der Waals surface area contributed by atoms with Crippen LogP contribution >= 0.6 is 0 Å². The Labute approximate surface area is 96.0 Å². The molecule has 0 saturated carbocycles. The van der Waals surface area contributed by atoms with Crippen molar-refractivity contribution in [1.29, 1.82) is 5.26 Å². The van der Waals surface area contributed by atoms with E-state index in [0.29, 0.717) is 6.42 Å². The van der Waals surface area contributed by atoms with Gasteiger partial charge < -0.3 is 0 Å². The fourth-order valence-corrected chi connectivity index (χ4v) is 2.96. The molecule has 0 bridgehead atoms. The van der Waals surface area contributed by atoms with Gasteiger partial charge in [0.25, 0.3) is 0 Å². The van der Waals surface area contributed by atoms with Crippen molar-refractivity contribution in [1.82, 2.24) is 4.72 Å². The summed E-state index contributed by atoms with van der Waals surface area (Å²) in [5.41, 5.74) is 0.746.